The van der Waals surface area contributed by atoms with Crippen LogP contribution in [0.3, 0.4) is 0 Å². The number of pyridine rings is 1. The van der Waals surface area contributed by atoms with Crippen molar-refractivity contribution in [2.45, 2.75) is 37.9 Å². The third-order valence-electron chi connectivity index (χ3n) is 3.95. The molecule has 0 aromatic carbocycles. The van der Waals surface area contributed by atoms with E-state index in [1.165, 1.54) is 32.1 Å². The fourth-order valence-electron chi connectivity index (χ4n) is 2.90. The first-order chi connectivity index (χ1) is 9.07. The quantitative estimate of drug-likeness (QED) is 0.832. The first-order valence-electron chi connectivity index (χ1n) is 7.25. The van der Waals surface area contributed by atoms with Crippen LogP contribution in [-0.4, -0.2) is 24.9 Å². The van der Waals surface area contributed by atoms with Gasteiger partial charge in [-0.15, -0.1) is 0 Å². The molecule has 0 radical (unpaired) electrons. The Morgan fingerprint density at radius 1 is 1.37 bits per heavy atom. The third-order valence-corrected chi connectivity index (χ3v) is 5.67. The first-order valence-corrected chi connectivity index (χ1v) is 9.92. The van der Waals surface area contributed by atoms with Crippen LogP contribution in [-0.2, 0) is 4.57 Å². The molecule has 1 heterocycles. The monoisotopic (exact) mass is 280 g/mol. The molecule has 106 valence electrons. The number of aromatic nitrogens is 1. The van der Waals surface area contributed by atoms with Crippen LogP contribution in [0.4, 0.5) is 0 Å². The summed E-state index contributed by atoms with van der Waals surface area (Å²) in [5, 5.41) is 3.54. The first kappa shape index (κ1) is 14.7. The summed E-state index contributed by atoms with van der Waals surface area (Å²) >= 11 is 0. The van der Waals surface area contributed by atoms with E-state index in [0.29, 0.717) is 0 Å². The van der Waals surface area contributed by atoms with E-state index in [9.17, 15) is 4.57 Å². The summed E-state index contributed by atoms with van der Waals surface area (Å²) in [6, 6.07) is 3.94. The van der Waals surface area contributed by atoms with Crippen molar-refractivity contribution in [3.8, 4) is 0 Å². The second kappa shape index (κ2) is 6.67. The molecule has 0 saturated heterocycles. The minimum absolute atomic E-state index is 0.0527. The van der Waals surface area contributed by atoms with Gasteiger partial charge in [-0.2, -0.15) is 0 Å². The van der Waals surface area contributed by atoms with Gasteiger partial charge in [0.05, 0.1) is 5.78 Å². The zero-order chi connectivity index (χ0) is 13.7. The molecule has 1 fully saturated rings. The van der Waals surface area contributed by atoms with Gasteiger partial charge in [0.15, 0.2) is 0 Å². The van der Waals surface area contributed by atoms with Crippen LogP contribution in [0, 0.1) is 5.92 Å². The van der Waals surface area contributed by atoms with Crippen molar-refractivity contribution < 1.29 is 4.57 Å². The van der Waals surface area contributed by atoms with Gasteiger partial charge >= 0.3 is 0 Å². The van der Waals surface area contributed by atoms with Crippen LogP contribution < -0.4 is 5.32 Å². The lowest BCUT2D eigenvalue weighted by atomic mass is 9.89. The second-order valence-corrected chi connectivity index (χ2v) is 9.42. The summed E-state index contributed by atoms with van der Waals surface area (Å²) in [5.74, 6) is 0.697. The average Bonchev–Trinajstić information content (AvgIpc) is 2.40. The van der Waals surface area contributed by atoms with E-state index in [-0.39, 0.29) is 5.78 Å². The molecule has 1 aliphatic rings. The van der Waals surface area contributed by atoms with E-state index in [0.717, 1.165) is 18.0 Å². The second-order valence-electron chi connectivity index (χ2n) is 6.04. The Bertz CT molecular complexity index is 423. The number of nitrogens with one attached hydrogen (secondary N) is 1. The molecular weight excluding hydrogens is 255 g/mol. The minimum Gasteiger partial charge on any atom is -0.322 e. The number of nitrogens with zero attached hydrogens (tertiary/aromatic N) is 1. The Labute approximate surface area is 116 Å². The minimum atomic E-state index is -2.22. The molecule has 2 rings (SSSR count). The van der Waals surface area contributed by atoms with Crippen molar-refractivity contribution in [3.05, 3.63) is 30.1 Å². The standard InChI is InChI=1S/C15H25N2OP/c1-19(2,18)15(14-9-6-10-16-12-14)17-11-13-7-4-3-5-8-13/h6,9-10,12-13,15,17H,3-5,7-8,11H2,1-2H3/t15-/m0/s1. The summed E-state index contributed by atoms with van der Waals surface area (Å²) in [5.41, 5.74) is 1.05. The van der Waals surface area contributed by atoms with Gasteiger partial charge in [0, 0.05) is 12.4 Å². The van der Waals surface area contributed by atoms with Gasteiger partial charge in [-0.3, -0.25) is 4.98 Å². The van der Waals surface area contributed by atoms with Gasteiger partial charge in [0.2, 0.25) is 0 Å². The Hall–Kier alpha value is -0.660. The van der Waals surface area contributed by atoms with Crippen molar-refractivity contribution in [3.63, 3.8) is 0 Å². The van der Waals surface area contributed by atoms with Crippen LogP contribution in [0.5, 0.6) is 0 Å². The van der Waals surface area contributed by atoms with Gasteiger partial charge in [0.25, 0.3) is 0 Å². The van der Waals surface area contributed by atoms with Crippen LogP contribution in [0.25, 0.3) is 0 Å². The molecule has 0 spiro atoms. The average molecular weight is 280 g/mol. The molecule has 19 heavy (non-hydrogen) atoms. The fraction of sp³-hybridized carbons (Fsp3) is 0.667. The van der Waals surface area contributed by atoms with Crippen LogP contribution in [0.1, 0.15) is 43.5 Å². The van der Waals surface area contributed by atoms with E-state index < -0.39 is 7.14 Å². The zero-order valence-corrected chi connectivity index (χ0v) is 12.9. The maximum atomic E-state index is 12.5. The Balaban J connectivity index is 2.01. The van der Waals surface area contributed by atoms with E-state index in [4.69, 9.17) is 0 Å². The summed E-state index contributed by atoms with van der Waals surface area (Å²) in [4.78, 5) is 4.15. The largest absolute Gasteiger partial charge is 0.322 e. The summed E-state index contributed by atoms with van der Waals surface area (Å²) in [7, 11) is -2.22. The maximum Gasteiger partial charge on any atom is 0.102 e. The molecular formula is C15H25N2OP. The highest BCUT2D eigenvalue weighted by Crippen LogP contribution is 2.50. The lowest BCUT2D eigenvalue weighted by Gasteiger charge is -2.27. The van der Waals surface area contributed by atoms with Gasteiger partial charge in [-0.25, -0.2) is 0 Å². The zero-order valence-electron chi connectivity index (χ0n) is 12.0. The predicted octanol–water partition coefficient (Wildman–Crippen LogP) is 3.87. The molecule has 1 atom stereocenters. The molecule has 0 unspecified atom stereocenters. The molecule has 1 aliphatic carbocycles. The smallest absolute Gasteiger partial charge is 0.102 e. The summed E-state index contributed by atoms with van der Waals surface area (Å²) < 4.78 is 12.5. The van der Waals surface area contributed by atoms with Crippen molar-refractivity contribution in [2.75, 3.05) is 19.9 Å². The highest BCUT2D eigenvalue weighted by atomic mass is 31.2. The molecule has 0 aliphatic heterocycles. The Morgan fingerprint density at radius 2 is 2.11 bits per heavy atom. The number of rotatable bonds is 5. The normalized spacial score (nSPS) is 19.3. The predicted molar refractivity (Wildman–Crippen MR) is 81.0 cm³/mol. The van der Waals surface area contributed by atoms with E-state index in [1.807, 2.05) is 31.7 Å². The Morgan fingerprint density at radius 3 is 2.68 bits per heavy atom. The van der Waals surface area contributed by atoms with E-state index in [2.05, 4.69) is 10.3 Å². The summed E-state index contributed by atoms with van der Waals surface area (Å²) in [6.07, 6.45) is 10.3. The molecule has 1 aromatic heterocycles. The van der Waals surface area contributed by atoms with Crippen molar-refractivity contribution >= 4 is 7.14 Å². The van der Waals surface area contributed by atoms with E-state index in [1.54, 1.807) is 6.20 Å². The molecule has 1 aromatic rings. The van der Waals surface area contributed by atoms with Crippen molar-refractivity contribution in [1.29, 1.82) is 0 Å². The summed E-state index contributed by atoms with van der Waals surface area (Å²) in [6.45, 7) is 4.70. The van der Waals surface area contributed by atoms with Crippen molar-refractivity contribution in [2.24, 2.45) is 5.92 Å². The molecule has 4 heteroatoms. The van der Waals surface area contributed by atoms with Crippen LogP contribution >= 0.6 is 7.14 Å². The molecule has 1 saturated carbocycles. The lowest BCUT2D eigenvalue weighted by molar-refractivity contribution is 0.339. The lowest BCUT2D eigenvalue weighted by Crippen LogP contribution is -2.28. The topological polar surface area (TPSA) is 42.0 Å². The third kappa shape index (κ3) is 4.43. The van der Waals surface area contributed by atoms with Crippen LogP contribution in [0.2, 0.25) is 0 Å². The maximum absolute atomic E-state index is 12.5. The Kier molecular flexibility index (Phi) is 5.18. The highest BCUT2D eigenvalue weighted by Gasteiger charge is 2.26. The molecule has 1 N–H and O–H groups in total. The van der Waals surface area contributed by atoms with Crippen LogP contribution in [0.15, 0.2) is 24.5 Å². The molecule has 0 amide bonds. The number of hydrogen-bond acceptors (Lipinski definition) is 3. The van der Waals surface area contributed by atoms with E-state index >= 15 is 0 Å². The molecule has 3 nitrogen and oxygen atoms in total. The van der Waals surface area contributed by atoms with Gasteiger partial charge in [-0.05, 0) is 50.3 Å². The van der Waals surface area contributed by atoms with Gasteiger partial charge in [0.1, 0.15) is 7.14 Å². The fourth-order valence-corrected chi connectivity index (χ4v) is 4.32. The van der Waals surface area contributed by atoms with Crippen molar-refractivity contribution in [1.82, 2.24) is 10.3 Å². The number of hydrogen-bond donors (Lipinski definition) is 1. The van der Waals surface area contributed by atoms with Gasteiger partial charge in [-0.1, -0.05) is 25.3 Å². The molecule has 0 bridgehead atoms. The SMILES string of the molecule is CP(C)(=O)[C@H](NCC1CCCCC1)c1cccnc1. The highest BCUT2D eigenvalue weighted by molar-refractivity contribution is 7.62. The van der Waals surface area contributed by atoms with Gasteiger partial charge < -0.3 is 9.88 Å².